The van der Waals surface area contributed by atoms with E-state index in [4.69, 9.17) is 9.84 Å². The van der Waals surface area contributed by atoms with Crippen molar-refractivity contribution in [2.45, 2.75) is 19.9 Å². The molecule has 0 bridgehead atoms. The Balaban J connectivity index is 1.98. The summed E-state index contributed by atoms with van der Waals surface area (Å²) >= 11 is 3.50. The quantitative estimate of drug-likeness (QED) is 0.935. The maximum absolute atomic E-state index is 11.0. The van der Waals surface area contributed by atoms with Crippen LogP contribution in [-0.4, -0.2) is 27.5 Å². The molecule has 0 saturated carbocycles. The highest BCUT2D eigenvalue weighted by Gasteiger charge is 2.19. The lowest BCUT2D eigenvalue weighted by Crippen LogP contribution is -2.07. The minimum atomic E-state index is -0.954. The second kappa shape index (κ2) is 4.94. The van der Waals surface area contributed by atoms with Crippen molar-refractivity contribution in [3.8, 4) is 5.75 Å². The molecule has 0 spiro atoms. The number of carboxylic acid groups (broad SMARTS) is 1. The molecule has 5 nitrogen and oxygen atoms in total. The molecule has 1 aliphatic heterocycles. The fourth-order valence-corrected chi connectivity index (χ4v) is 2.99. The number of aromatic carboxylic acids is 1. The van der Waals surface area contributed by atoms with Crippen LogP contribution in [0.25, 0.3) is 0 Å². The van der Waals surface area contributed by atoms with E-state index >= 15 is 0 Å². The Morgan fingerprint density at radius 2 is 2.35 bits per heavy atom. The van der Waals surface area contributed by atoms with Crippen molar-refractivity contribution < 1.29 is 14.6 Å². The number of benzene rings is 1. The Kier molecular flexibility index (Phi) is 3.25. The third-order valence-corrected chi connectivity index (χ3v) is 3.94. The fraction of sp³-hybridized carbons (Fsp3) is 0.286. The summed E-state index contributed by atoms with van der Waals surface area (Å²) in [5, 5.41) is 13.2. The molecule has 0 aliphatic carbocycles. The van der Waals surface area contributed by atoms with Gasteiger partial charge in [0, 0.05) is 16.5 Å². The molecule has 0 saturated heterocycles. The van der Waals surface area contributed by atoms with Gasteiger partial charge in [0.25, 0.3) is 0 Å². The van der Waals surface area contributed by atoms with Crippen LogP contribution in [0.1, 0.15) is 27.2 Å². The van der Waals surface area contributed by atoms with Gasteiger partial charge in [0.2, 0.25) is 0 Å². The first-order chi connectivity index (χ1) is 9.56. The van der Waals surface area contributed by atoms with Crippen molar-refractivity contribution in [3.63, 3.8) is 0 Å². The number of carboxylic acids is 1. The molecule has 104 valence electrons. The third kappa shape index (κ3) is 2.20. The predicted molar refractivity (Wildman–Crippen MR) is 76.4 cm³/mol. The maximum atomic E-state index is 11.0. The third-order valence-electron chi connectivity index (χ3n) is 3.48. The Labute approximate surface area is 124 Å². The van der Waals surface area contributed by atoms with E-state index in [0.717, 1.165) is 22.2 Å². The summed E-state index contributed by atoms with van der Waals surface area (Å²) in [7, 11) is 0. The summed E-state index contributed by atoms with van der Waals surface area (Å²) in [6.45, 7) is 2.95. The Bertz CT molecular complexity index is 694. The van der Waals surface area contributed by atoms with Crippen molar-refractivity contribution in [1.29, 1.82) is 0 Å². The molecule has 6 heteroatoms. The van der Waals surface area contributed by atoms with Gasteiger partial charge in [-0.25, -0.2) is 4.79 Å². The zero-order valence-corrected chi connectivity index (χ0v) is 12.5. The lowest BCUT2D eigenvalue weighted by atomic mass is 10.1. The average Bonchev–Trinajstić information content (AvgIpc) is 2.97. The number of halogens is 1. The van der Waals surface area contributed by atoms with Crippen LogP contribution in [0.3, 0.4) is 0 Å². The number of rotatable bonds is 3. The van der Waals surface area contributed by atoms with Gasteiger partial charge in [-0.15, -0.1) is 0 Å². The summed E-state index contributed by atoms with van der Waals surface area (Å²) in [6.07, 6.45) is 2.29. The molecule has 1 aromatic heterocycles. The molecule has 2 heterocycles. The van der Waals surface area contributed by atoms with E-state index in [2.05, 4.69) is 27.1 Å². The van der Waals surface area contributed by atoms with Crippen LogP contribution >= 0.6 is 15.9 Å². The van der Waals surface area contributed by atoms with Crippen LogP contribution < -0.4 is 4.74 Å². The van der Waals surface area contributed by atoms with Crippen molar-refractivity contribution in [2.24, 2.45) is 0 Å². The maximum Gasteiger partial charge on any atom is 0.339 e. The highest BCUT2D eigenvalue weighted by atomic mass is 79.9. The van der Waals surface area contributed by atoms with Gasteiger partial charge in [0.15, 0.2) is 0 Å². The second-order valence-corrected chi connectivity index (χ2v) is 5.67. The van der Waals surface area contributed by atoms with Gasteiger partial charge in [-0.2, -0.15) is 5.10 Å². The van der Waals surface area contributed by atoms with Crippen molar-refractivity contribution in [3.05, 3.63) is 45.2 Å². The van der Waals surface area contributed by atoms with E-state index in [-0.39, 0.29) is 5.56 Å². The first-order valence-corrected chi connectivity index (χ1v) is 7.05. The minimum Gasteiger partial charge on any atom is -0.493 e. The standard InChI is InChI=1S/C14H13BrN2O3/c1-8-12(14(18)19)6-16-17(8)7-10-5-11(15)4-9-2-3-20-13(9)10/h4-6H,2-3,7H2,1H3,(H,18,19). The number of fused-ring (bicyclic) bond motifs is 1. The zero-order valence-electron chi connectivity index (χ0n) is 10.9. The smallest absolute Gasteiger partial charge is 0.339 e. The average molecular weight is 337 g/mol. The molecule has 2 aromatic rings. The van der Waals surface area contributed by atoms with Crippen LogP contribution in [-0.2, 0) is 13.0 Å². The highest BCUT2D eigenvalue weighted by molar-refractivity contribution is 9.10. The molecule has 1 aliphatic rings. The SMILES string of the molecule is Cc1c(C(=O)O)cnn1Cc1cc(Br)cc2c1OCC2. The van der Waals surface area contributed by atoms with Gasteiger partial charge in [-0.05, 0) is 24.6 Å². The number of nitrogens with zero attached hydrogens (tertiary/aromatic N) is 2. The first-order valence-electron chi connectivity index (χ1n) is 6.26. The van der Waals surface area contributed by atoms with Crippen LogP contribution in [0, 0.1) is 6.92 Å². The second-order valence-electron chi connectivity index (χ2n) is 4.76. The van der Waals surface area contributed by atoms with E-state index in [0.29, 0.717) is 18.8 Å². The summed E-state index contributed by atoms with van der Waals surface area (Å²) in [5.41, 5.74) is 3.06. The highest BCUT2D eigenvalue weighted by Crippen LogP contribution is 2.33. The van der Waals surface area contributed by atoms with Crippen LogP contribution in [0.15, 0.2) is 22.8 Å². The molecule has 0 fully saturated rings. The lowest BCUT2D eigenvalue weighted by Gasteiger charge is -2.10. The van der Waals surface area contributed by atoms with E-state index in [1.807, 2.05) is 6.07 Å². The number of ether oxygens (including phenoxy) is 1. The van der Waals surface area contributed by atoms with E-state index in [1.54, 1.807) is 11.6 Å². The zero-order chi connectivity index (χ0) is 14.3. The van der Waals surface area contributed by atoms with E-state index in [1.165, 1.54) is 11.8 Å². The Morgan fingerprint density at radius 1 is 1.55 bits per heavy atom. The monoisotopic (exact) mass is 336 g/mol. The number of aromatic nitrogens is 2. The summed E-state index contributed by atoms with van der Waals surface area (Å²) in [4.78, 5) is 11.0. The molecular weight excluding hydrogens is 324 g/mol. The van der Waals surface area contributed by atoms with Crippen LogP contribution in [0.5, 0.6) is 5.75 Å². The largest absolute Gasteiger partial charge is 0.493 e. The van der Waals surface area contributed by atoms with Gasteiger partial charge < -0.3 is 9.84 Å². The van der Waals surface area contributed by atoms with Crippen molar-refractivity contribution in [1.82, 2.24) is 9.78 Å². The number of hydrogen-bond donors (Lipinski definition) is 1. The molecule has 1 aromatic carbocycles. The van der Waals surface area contributed by atoms with Gasteiger partial charge >= 0.3 is 5.97 Å². The van der Waals surface area contributed by atoms with Crippen molar-refractivity contribution in [2.75, 3.05) is 6.61 Å². The molecule has 0 unspecified atom stereocenters. The lowest BCUT2D eigenvalue weighted by molar-refractivity contribution is 0.0696. The molecule has 0 atom stereocenters. The Hall–Kier alpha value is -1.82. The molecular formula is C14H13BrN2O3. The topological polar surface area (TPSA) is 64.3 Å². The summed E-state index contributed by atoms with van der Waals surface area (Å²) in [5.74, 6) is -0.0514. The van der Waals surface area contributed by atoms with E-state index in [9.17, 15) is 4.79 Å². The summed E-state index contributed by atoms with van der Waals surface area (Å²) < 4.78 is 8.36. The van der Waals surface area contributed by atoms with Crippen LogP contribution in [0.2, 0.25) is 0 Å². The summed E-state index contributed by atoms with van der Waals surface area (Å²) in [6, 6.07) is 4.05. The minimum absolute atomic E-state index is 0.234. The molecule has 1 N–H and O–H groups in total. The first kappa shape index (κ1) is 13.2. The van der Waals surface area contributed by atoms with Gasteiger partial charge in [0.1, 0.15) is 11.3 Å². The van der Waals surface area contributed by atoms with Gasteiger partial charge in [0.05, 0.1) is 25.0 Å². The fourth-order valence-electron chi connectivity index (χ4n) is 2.44. The predicted octanol–water partition coefficient (Wildman–Crippen LogP) is 2.64. The number of hydrogen-bond acceptors (Lipinski definition) is 3. The Morgan fingerprint density at radius 3 is 3.05 bits per heavy atom. The van der Waals surface area contributed by atoms with Crippen LogP contribution in [0.4, 0.5) is 0 Å². The molecule has 0 radical (unpaired) electrons. The molecule has 0 amide bonds. The molecule has 3 rings (SSSR count). The van der Waals surface area contributed by atoms with Gasteiger partial charge in [-0.3, -0.25) is 4.68 Å². The van der Waals surface area contributed by atoms with E-state index < -0.39 is 5.97 Å². The molecule has 20 heavy (non-hydrogen) atoms. The van der Waals surface area contributed by atoms with Gasteiger partial charge in [-0.1, -0.05) is 15.9 Å². The normalized spacial score (nSPS) is 13.1. The number of carbonyl (C=O) groups is 1. The van der Waals surface area contributed by atoms with Crippen molar-refractivity contribution >= 4 is 21.9 Å².